The number of nitrogens with zero attached hydrogens (tertiary/aromatic N) is 3. The van der Waals surface area contributed by atoms with Crippen molar-refractivity contribution in [3.05, 3.63) is 23.3 Å². The van der Waals surface area contributed by atoms with Gasteiger partial charge in [-0.3, -0.25) is 9.69 Å². The first-order valence-electron chi connectivity index (χ1n) is 6.96. The quantitative estimate of drug-likeness (QED) is 0.897. The first kappa shape index (κ1) is 13.9. The lowest BCUT2D eigenvalue weighted by Gasteiger charge is -2.18. The van der Waals surface area contributed by atoms with Crippen LogP contribution in [0.1, 0.15) is 54.2 Å². The van der Waals surface area contributed by atoms with Gasteiger partial charge in [0.15, 0.2) is 0 Å². The highest BCUT2D eigenvalue weighted by Gasteiger charge is 2.26. The van der Waals surface area contributed by atoms with Crippen LogP contribution in [0.5, 0.6) is 0 Å². The summed E-state index contributed by atoms with van der Waals surface area (Å²) in [5.41, 5.74) is 1.34. The first-order chi connectivity index (χ1) is 9.11. The van der Waals surface area contributed by atoms with Crippen LogP contribution in [-0.4, -0.2) is 40.9 Å². The number of aromatic nitrogens is 2. The summed E-state index contributed by atoms with van der Waals surface area (Å²) in [6.07, 6.45) is 3.15. The summed E-state index contributed by atoms with van der Waals surface area (Å²) < 4.78 is 0. The van der Waals surface area contributed by atoms with Crippen LogP contribution in [0.4, 0.5) is 0 Å². The molecule has 1 N–H and O–H groups in total. The molecule has 0 spiro atoms. The molecule has 1 aromatic heterocycles. The van der Waals surface area contributed by atoms with Gasteiger partial charge in [-0.25, -0.2) is 9.97 Å². The molecule has 0 radical (unpaired) electrons. The molecule has 0 saturated carbocycles. The number of hydrogen-bond donors (Lipinski definition) is 1. The van der Waals surface area contributed by atoms with Crippen LogP contribution in [0.2, 0.25) is 0 Å². The van der Waals surface area contributed by atoms with E-state index >= 15 is 0 Å². The fraction of sp³-hybridized carbons (Fsp3) is 0.643. The zero-order valence-electron chi connectivity index (χ0n) is 11.9. The van der Waals surface area contributed by atoms with E-state index in [1.54, 1.807) is 6.07 Å². The largest absolute Gasteiger partial charge is 0.351 e. The summed E-state index contributed by atoms with van der Waals surface area (Å²) in [7, 11) is 2.08. The van der Waals surface area contributed by atoms with E-state index in [1.165, 1.54) is 0 Å². The second-order valence-corrected chi connectivity index (χ2v) is 5.15. The van der Waals surface area contributed by atoms with Gasteiger partial charge in [0, 0.05) is 12.2 Å². The van der Waals surface area contributed by atoms with Crippen molar-refractivity contribution in [3.8, 4) is 0 Å². The standard InChI is InChI=1S/C14H22N4O/c1-4-7-15-14(19)11-9-10(2)16-13(17-11)12-6-5-8-18(12)3/h9,12H,4-8H2,1-3H3,(H,15,19)/t12-/m1/s1. The number of aryl methyl sites for hydroxylation is 1. The van der Waals surface area contributed by atoms with E-state index in [0.717, 1.165) is 37.3 Å². The van der Waals surface area contributed by atoms with Gasteiger partial charge in [-0.2, -0.15) is 0 Å². The van der Waals surface area contributed by atoms with Crippen LogP contribution >= 0.6 is 0 Å². The van der Waals surface area contributed by atoms with Gasteiger partial charge in [-0.15, -0.1) is 0 Å². The van der Waals surface area contributed by atoms with E-state index < -0.39 is 0 Å². The molecule has 1 aliphatic heterocycles. The second-order valence-electron chi connectivity index (χ2n) is 5.15. The number of rotatable bonds is 4. The molecule has 2 rings (SSSR count). The Morgan fingerprint density at radius 2 is 2.32 bits per heavy atom. The van der Waals surface area contributed by atoms with Crippen molar-refractivity contribution in [3.63, 3.8) is 0 Å². The highest BCUT2D eigenvalue weighted by molar-refractivity contribution is 5.92. The lowest BCUT2D eigenvalue weighted by atomic mass is 10.2. The molecule has 1 saturated heterocycles. The minimum absolute atomic E-state index is 0.103. The zero-order valence-corrected chi connectivity index (χ0v) is 11.9. The molecule has 1 amide bonds. The van der Waals surface area contributed by atoms with Crippen molar-refractivity contribution < 1.29 is 4.79 Å². The van der Waals surface area contributed by atoms with Crippen LogP contribution in [0.25, 0.3) is 0 Å². The Kier molecular flexibility index (Phi) is 4.47. The summed E-state index contributed by atoms with van der Waals surface area (Å²) >= 11 is 0. The molecule has 1 atom stereocenters. The Morgan fingerprint density at radius 3 is 2.95 bits per heavy atom. The molecular formula is C14H22N4O. The minimum atomic E-state index is -0.103. The number of likely N-dealkylation sites (tertiary alicyclic amines) is 1. The summed E-state index contributed by atoms with van der Waals surface area (Å²) in [5, 5.41) is 2.86. The minimum Gasteiger partial charge on any atom is -0.351 e. The van der Waals surface area contributed by atoms with Gasteiger partial charge in [0.25, 0.3) is 5.91 Å². The Balaban J connectivity index is 2.21. The topological polar surface area (TPSA) is 58.1 Å². The van der Waals surface area contributed by atoms with Gasteiger partial charge in [-0.05, 0) is 45.8 Å². The van der Waals surface area contributed by atoms with E-state index in [9.17, 15) is 4.79 Å². The maximum absolute atomic E-state index is 12.0. The predicted octanol–water partition coefficient (Wildman–Crippen LogP) is 1.69. The van der Waals surface area contributed by atoms with Crippen LogP contribution in [0.15, 0.2) is 6.07 Å². The summed E-state index contributed by atoms with van der Waals surface area (Å²) in [6, 6.07) is 2.00. The summed E-state index contributed by atoms with van der Waals surface area (Å²) in [4.78, 5) is 23.2. The molecule has 1 aromatic rings. The first-order valence-corrected chi connectivity index (χ1v) is 6.96. The molecule has 5 heteroatoms. The Bertz CT molecular complexity index is 461. The van der Waals surface area contributed by atoms with Crippen LogP contribution in [-0.2, 0) is 0 Å². The van der Waals surface area contributed by atoms with E-state index in [0.29, 0.717) is 12.2 Å². The smallest absolute Gasteiger partial charge is 0.270 e. The van der Waals surface area contributed by atoms with Crippen molar-refractivity contribution in [2.24, 2.45) is 0 Å². The number of carbonyl (C=O) groups excluding carboxylic acids is 1. The maximum atomic E-state index is 12.0. The molecule has 104 valence electrons. The van der Waals surface area contributed by atoms with E-state index in [4.69, 9.17) is 0 Å². The molecule has 0 aliphatic carbocycles. The van der Waals surface area contributed by atoms with Crippen LogP contribution in [0, 0.1) is 6.92 Å². The molecule has 1 fully saturated rings. The highest BCUT2D eigenvalue weighted by Crippen LogP contribution is 2.28. The molecule has 5 nitrogen and oxygen atoms in total. The van der Waals surface area contributed by atoms with Gasteiger partial charge in [-0.1, -0.05) is 6.92 Å². The Labute approximate surface area is 114 Å². The number of hydrogen-bond acceptors (Lipinski definition) is 4. The number of amides is 1. The zero-order chi connectivity index (χ0) is 13.8. The maximum Gasteiger partial charge on any atom is 0.270 e. The van der Waals surface area contributed by atoms with Crippen molar-refractivity contribution in [2.45, 2.75) is 39.2 Å². The van der Waals surface area contributed by atoms with E-state index in [2.05, 4.69) is 27.2 Å². The number of nitrogens with one attached hydrogen (secondary N) is 1. The normalized spacial score (nSPS) is 19.6. The van der Waals surface area contributed by atoms with Gasteiger partial charge >= 0.3 is 0 Å². The van der Waals surface area contributed by atoms with Gasteiger partial charge in [0.2, 0.25) is 0 Å². The SMILES string of the molecule is CCCNC(=O)c1cc(C)nc([C@H]2CCCN2C)n1. The van der Waals surface area contributed by atoms with Crippen LogP contribution in [0.3, 0.4) is 0 Å². The van der Waals surface area contributed by atoms with E-state index in [-0.39, 0.29) is 11.9 Å². The van der Waals surface area contributed by atoms with Crippen molar-refractivity contribution in [1.82, 2.24) is 20.2 Å². The molecule has 1 aliphatic rings. The summed E-state index contributed by atoms with van der Waals surface area (Å²) in [5.74, 6) is 0.677. The Hall–Kier alpha value is -1.49. The fourth-order valence-electron chi connectivity index (χ4n) is 2.42. The third-order valence-electron chi connectivity index (χ3n) is 3.46. The fourth-order valence-corrected chi connectivity index (χ4v) is 2.42. The van der Waals surface area contributed by atoms with Crippen LogP contribution < -0.4 is 5.32 Å². The highest BCUT2D eigenvalue weighted by atomic mass is 16.1. The second kappa shape index (κ2) is 6.10. The van der Waals surface area contributed by atoms with Gasteiger partial charge in [0.1, 0.15) is 11.5 Å². The van der Waals surface area contributed by atoms with Gasteiger partial charge in [0.05, 0.1) is 6.04 Å². The average molecular weight is 262 g/mol. The van der Waals surface area contributed by atoms with Crippen molar-refractivity contribution >= 4 is 5.91 Å². The van der Waals surface area contributed by atoms with Crippen molar-refractivity contribution in [1.29, 1.82) is 0 Å². The third kappa shape index (κ3) is 3.29. The summed E-state index contributed by atoms with van der Waals surface area (Å²) in [6.45, 7) is 5.70. The molecule has 2 heterocycles. The lowest BCUT2D eigenvalue weighted by Crippen LogP contribution is -2.27. The molecule has 0 bridgehead atoms. The Morgan fingerprint density at radius 1 is 1.53 bits per heavy atom. The number of carbonyl (C=O) groups is 1. The van der Waals surface area contributed by atoms with Crippen molar-refractivity contribution in [2.75, 3.05) is 20.1 Å². The monoisotopic (exact) mass is 262 g/mol. The lowest BCUT2D eigenvalue weighted by molar-refractivity contribution is 0.0947. The molecule has 0 aromatic carbocycles. The van der Waals surface area contributed by atoms with E-state index in [1.807, 2.05) is 13.8 Å². The molecule has 0 unspecified atom stereocenters. The average Bonchev–Trinajstić information content (AvgIpc) is 2.81. The predicted molar refractivity (Wildman–Crippen MR) is 74.0 cm³/mol. The molecule has 19 heavy (non-hydrogen) atoms. The third-order valence-corrected chi connectivity index (χ3v) is 3.46. The molecular weight excluding hydrogens is 240 g/mol. The van der Waals surface area contributed by atoms with Gasteiger partial charge < -0.3 is 5.32 Å².